The van der Waals surface area contributed by atoms with E-state index in [2.05, 4.69) is 20.7 Å². The van der Waals surface area contributed by atoms with Crippen molar-refractivity contribution in [3.05, 3.63) is 10.4 Å². The summed E-state index contributed by atoms with van der Waals surface area (Å²) in [4.78, 5) is 62.3. The highest BCUT2D eigenvalue weighted by Gasteiger charge is 2.51. The molecule has 0 aromatic carbocycles. The van der Waals surface area contributed by atoms with Crippen LogP contribution in [-0.4, -0.2) is 104 Å². The molecule has 1 aliphatic rings. The van der Waals surface area contributed by atoms with E-state index >= 15 is 0 Å². The van der Waals surface area contributed by atoms with Crippen molar-refractivity contribution in [1.29, 1.82) is 0 Å². The maximum Gasteiger partial charge on any atom is 0.303 e. The van der Waals surface area contributed by atoms with Gasteiger partial charge in [0, 0.05) is 33.7 Å². The Morgan fingerprint density at radius 2 is 1.73 bits per heavy atom. The van der Waals surface area contributed by atoms with Crippen molar-refractivity contribution in [2.24, 2.45) is 0 Å². The second-order valence-electron chi connectivity index (χ2n) is 8.39. The summed E-state index contributed by atoms with van der Waals surface area (Å²) >= 11 is 0. The molecule has 0 spiro atoms. The highest BCUT2D eigenvalue weighted by Crippen LogP contribution is 2.33. The Bertz CT molecular complexity index is 1260. The summed E-state index contributed by atoms with van der Waals surface area (Å²) in [7, 11) is 3.58. The number of fused-ring (bicyclic) bond motifs is 1. The van der Waals surface area contributed by atoms with Crippen molar-refractivity contribution in [2.45, 2.75) is 51.7 Å². The Hall–Kier alpha value is -4.12. The van der Waals surface area contributed by atoms with Crippen molar-refractivity contribution >= 4 is 40.7 Å². The van der Waals surface area contributed by atoms with E-state index in [1.54, 1.807) is 19.0 Å². The van der Waals surface area contributed by atoms with Gasteiger partial charge in [0.05, 0.1) is 0 Å². The Morgan fingerprint density at radius 3 is 2.32 bits per heavy atom. The van der Waals surface area contributed by atoms with Crippen LogP contribution in [0.4, 0.5) is 5.82 Å². The molecule has 0 bridgehead atoms. The Labute approximate surface area is 209 Å². The van der Waals surface area contributed by atoms with Crippen molar-refractivity contribution in [3.8, 4) is 0 Å². The third kappa shape index (κ3) is 6.36. The van der Waals surface area contributed by atoms with Crippen LogP contribution >= 0.6 is 0 Å². The first-order chi connectivity index (χ1) is 17.4. The number of carbonyl (C=O) groups is 4. The molecule has 2 aromatic heterocycles. The smallest absolute Gasteiger partial charge is 0.303 e. The predicted octanol–water partition coefficient (Wildman–Crippen LogP) is -1.56. The standard InChI is InChI=1S/C20H27N7O10/c1-9(28)34-8-12-16(35-10(2)29)17(36-11(3)30)20(37-12)26-19(32)15-14(22-24-26)18(23-27(15)33)21-13(31)6-7-25(4)5/h12,16-17,20,33H,6-8H2,1-5H3,(H,21,23,31). The number of aromatic nitrogens is 5. The first-order valence-corrected chi connectivity index (χ1v) is 11.0. The number of hydrogen-bond donors (Lipinski definition) is 2. The van der Waals surface area contributed by atoms with Gasteiger partial charge in [-0.1, -0.05) is 10.1 Å². The van der Waals surface area contributed by atoms with Gasteiger partial charge < -0.3 is 34.4 Å². The van der Waals surface area contributed by atoms with Gasteiger partial charge in [0.1, 0.15) is 12.7 Å². The molecule has 3 heterocycles. The van der Waals surface area contributed by atoms with E-state index in [4.69, 9.17) is 18.9 Å². The third-order valence-corrected chi connectivity index (χ3v) is 5.12. The van der Waals surface area contributed by atoms with Crippen LogP contribution in [0.25, 0.3) is 11.0 Å². The summed E-state index contributed by atoms with van der Waals surface area (Å²) < 4.78 is 21.9. The average Bonchev–Trinajstić information content (AvgIpc) is 3.28. The molecule has 202 valence electrons. The molecule has 1 fully saturated rings. The number of nitrogens with one attached hydrogen (secondary N) is 1. The quantitative estimate of drug-likeness (QED) is 0.216. The van der Waals surface area contributed by atoms with E-state index in [1.165, 1.54) is 0 Å². The highest BCUT2D eigenvalue weighted by molar-refractivity contribution is 5.97. The fourth-order valence-corrected chi connectivity index (χ4v) is 3.58. The third-order valence-electron chi connectivity index (χ3n) is 5.12. The molecule has 1 saturated heterocycles. The summed E-state index contributed by atoms with van der Waals surface area (Å²) in [5, 5.41) is 24.1. The predicted molar refractivity (Wildman–Crippen MR) is 120 cm³/mol. The molecule has 1 aliphatic heterocycles. The van der Waals surface area contributed by atoms with E-state index in [0.29, 0.717) is 11.2 Å². The Balaban J connectivity index is 2.00. The normalized spacial score (nSPS) is 21.1. The van der Waals surface area contributed by atoms with Crippen molar-refractivity contribution < 1.29 is 43.3 Å². The lowest BCUT2D eigenvalue weighted by Gasteiger charge is -2.23. The van der Waals surface area contributed by atoms with Gasteiger partial charge in [0.15, 0.2) is 35.3 Å². The van der Waals surface area contributed by atoms with Crippen molar-refractivity contribution in [2.75, 3.05) is 32.6 Å². The summed E-state index contributed by atoms with van der Waals surface area (Å²) in [5.41, 5.74) is -1.65. The maximum atomic E-state index is 13.3. The summed E-state index contributed by atoms with van der Waals surface area (Å²) in [6.45, 7) is 3.40. The van der Waals surface area contributed by atoms with Gasteiger partial charge in [-0.25, -0.2) is 0 Å². The molecule has 37 heavy (non-hydrogen) atoms. The van der Waals surface area contributed by atoms with Crippen LogP contribution in [0.3, 0.4) is 0 Å². The monoisotopic (exact) mass is 525 g/mol. The first-order valence-electron chi connectivity index (χ1n) is 11.0. The van der Waals surface area contributed by atoms with E-state index in [0.717, 1.165) is 20.8 Å². The number of rotatable bonds is 9. The summed E-state index contributed by atoms with van der Waals surface area (Å²) in [6.07, 6.45) is -5.20. The largest absolute Gasteiger partial charge is 0.463 e. The van der Waals surface area contributed by atoms with Crippen LogP contribution < -0.4 is 10.9 Å². The van der Waals surface area contributed by atoms with Gasteiger partial charge in [0.25, 0.3) is 0 Å². The summed E-state index contributed by atoms with van der Waals surface area (Å²) in [5.74, 6) is -2.84. The SMILES string of the molecule is CC(=O)OCC1OC(n2nnc3c(NC(=O)CCN(C)C)nn(O)c3c2=O)C(OC(C)=O)C1OC(C)=O. The van der Waals surface area contributed by atoms with Gasteiger partial charge >= 0.3 is 23.5 Å². The fourth-order valence-electron chi connectivity index (χ4n) is 3.58. The number of carbonyl (C=O) groups excluding carboxylic acids is 4. The number of hydrogen-bond acceptors (Lipinski definition) is 14. The molecule has 3 rings (SSSR count). The minimum Gasteiger partial charge on any atom is -0.463 e. The van der Waals surface area contributed by atoms with Gasteiger partial charge in [-0.15, -0.1) is 10.2 Å². The molecular formula is C20H27N7O10. The van der Waals surface area contributed by atoms with Crippen molar-refractivity contribution in [3.63, 3.8) is 0 Å². The summed E-state index contributed by atoms with van der Waals surface area (Å²) in [6, 6.07) is 0. The molecule has 0 radical (unpaired) electrons. The molecule has 1 amide bonds. The molecule has 17 nitrogen and oxygen atoms in total. The highest BCUT2D eigenvalue weighted by atomic mass is 16.7. The molecule has 0 aliphatic carbocycles. The first kappa shape index (κ1) is 27.5. The fraction of sp³-hybridized carbons (Fsp3) is 0.600. The zero-order valence-electron chi connectivity index (χ0n) is 20.7. The van der Waals surface area contributed by atoms with Crippen LogP contribution in [-0.2, 0) is 38.1 Å². The molecule has 0 saturated carbocycles. The molecular weight excluding hydrogens is 498 g/mol. The van der Waals surface area contributed by atoms with Gasteiger partial charge in [-0.2, -0.15) is 4.68 Å². The van der Waals surface area contributed by atoms with E-state index in [9.17, 15) is 29.2 Å². The zero-order valence-corrected chi connectivity index (χ0v) is 20.7. The van der Waals surface area contributed by atoms with E-state index in [1.807, 2.05) is 0 Å². The minimum atomic E-state index is -1.49. The molecule has 4 atom stereocenters. The number of amides is 1. The molecule has 4 unspecified atom stereocenters. The van der Waals surface area contributed by atoms with Crippen LogP contribution in [0.15, 0.2) is 4.79 Å². The van der Waals surface area contributed by atoms with Gasteiger partial charge in [0.2, 0.25) is 5.91 Å². The van der Waals surface area contributed by atoms with Crippen LogP contribution in [0.2, 0.25) is 0 Å². The number of anilines is 1. The lowest BCUT2D eigenvalue weighted by Crippen LogP contribution is -2.42. The Kier molecular flexibility index (Phi) is 8.38. The van der Waals surface area contributed by atoms with Crippen LogP contribution in [0, 0.1) is 0 Å². The molecule has 17 heteroatoms. The van der Waals surface area contributed by atoms with Gasteiger partial charge in [-0.3, -0.25) is 24.0 Å². The van der Waals surface area contributed by atoms with E-state index in [-0.39, 0.29) is 22.6 Å². The second-order valence-corrected chi connectivity index (χ2v) is 8.39. The van der Waals surface area contributed by atoms with Crippen LogP contribution in [0.1, 0.15) is 33.4 Å². The molecule has 2 N–H and O–H groups in total. The zero-order chi connectivity index (χ0) is 27.4. The molecule has 2 aromatic rings. The number of esters is 3. The topological polar surface area (TPSA) is 206 Å². The second kappa shape index (κ2) is 11.3. The average molecular weight is 525 g/mol. The van der Waals surface area contributed by atoms with Crippen LogP contribution in [0.5, 0.6) is 0 Å². The lowest BCUT2D eigenvalue weighted by molar-refractivity contribution is -0.166. The van der Waals surface area contributed by atoms with E-state index < -0.39 is 66.0 Å². The maximum absolute atomic E-state index is 13.3. The Morgan fingerprint density at radius 1 is 1.08 bits per heavy atom. The van der Waals surface area contributed by atoms with Crippen molar-refractivity contribution in [1.82, 2.24) is 29.8 Å². The number of ether oxygens (including phenoxy) is 4. The lowest BCUT2D eigenvalue weighted by atomic mass is 10.1. The minimum absolute atomic E-state index is 0.110. The van der Waals surface area contributed by atoms with Gasteiger partial charge in [-0.05, 0) is 14.1 Å². The number of nitrogens with zero attached hydrogens (tertiary/aromatic N) is 6.